The van der Waals surface area contributed by atoms with Gasteiger partial charge in [0.1, 0.15) is 17.3 Å². The molecular weight excluding hydrogens is 430 g/mol. The van der Waals surface area contributed by atoms with Crippen molar-refractivity contribution in [2.45, 2.75) is 50.1 Å². The molecule has 1 aliphatic heterocycles. The van der Waals surface area contributed by atoms with Crippen molar-refractivity contribution in [3.05, 3.63) is 28.2 Å². The summed E-state index contributed by atoms with van der Waals surface area (Å²) in [5.74, 6) is -2.63. The van der Waals surface area contributed by atoms with E-state index >= 15 is 0 Å². The molecule has 9 nitrogen and oxygen atoms in total. The number of alkyl halides is 2. The molecule has 166 valence electrons. The van der Waals surface area contributed by atoms with Crippen LogP contribution in [0.15, 0.2) is 17.1 Å². The first-order valence-electron chi connectivity index (χ1n) is 9.99. The molecule has 1 N–H and O–H groups in total. The highest BCUT2D eigenvalue weighted by Crippen LogP contribution is 2.41. The number of rotatable bonds is 4. The fourth-order valence-electron chi connectivity index (χ4n) is 4.27. The molecule has 12 heteroatoms. The molecule has 2 aromatic rings. The maximum absolute atomic E-state index is 13.8. The third kappa shape index (κ3) is 4.38. The van der Waals surface area contributed by atoms with Crippen LogP contribution in [0.4, 0.5) is 14.7 Å². The highest BCUT2D eigenvalue weighted by atomic mass is 32.2. The van der Waals surface area contributed by atoms with Gasteiger partial charge in [0, 0.05) is 49.6 Å². The molecular formula is C19H22F2N6O3S. The van der Waals surface area contributed by atoms with Gasteiger partial charge in [-0.25, -0.2) is 26.5 Å². The van der Waals surface area contributed by atoms with Gasteiger partial charge < -0.3 is 5.32 Å². The summed E-state index contributed by atoms with van der Waals surface area (Å²) in [6, 6.07) is 2.38. The standard InChI is InChI=1S/C19H22F2N6O3S/c1-31(29,30)26-6-3-14(4-7-26)24-18-23-11-13-8-12(10-22)17(28)27(16(13)25-18)15-2-5-19(20,21)9-15/h8,11,14-15H,2-7,9H2,1H3,(H,23,24,25)/t15-/m0/s1. The largest absolute Gasteiger partial charge is 0.351 e. The van der Waals surface area contributed by atoms with Gasteiger partial charge in [-0.05, 0) is 25.3 Å². The van der Waals surface area contributed by atoms with E-state index in [4.69, 9.17) is 0 Å². The van der Waals surface area contributed by atoms with Gasteiger partial charge in [-0.2, -0.15) is 10.2 Å². The number of fused-ring (bicyclic) bond motifs is 1. The Bertz CT molecular complexity index is 1220. The normalized spacial score (nSPS) is 22.5. The summed E-state index contributed by atoms with van der Waals surface area (Å²) in [4.78, 5) is 21.5. The quantitative estimate of drug-likeness (QED) is 0.752. The first kappa shape index (κ1) is 21.6. The summed E-state index contributed by atoms with van der Waals surface area (Å²) in [6.07, 6.45) is 3.07. The fraction of sp³-hybridized carbons (Fsp3) is 0.579. The van der Waals surface area contributed by atoms with Crippen LogP contribution in [0.5, 0.6) is 0 Å². The van der Waals surface area contributed by atoms with Gasteiger partial charge in [-0.1, -0.05) is 0 Å². The lowest BCUT2D eigenvalue weighted by atomic mass is 10.1. The molecule has 0 unspecified atom stereocenters. The first-order valence-corrected chi connectivity index (χ1v) is 11.8. The van der Waals surface area contributed by atoms with Gasteiger partial charge >= 0.3 is 0 Å². The predicted molar refractivity (Wildman–Crippen MR) is 109 cm³/mol. The van der Waals surface area contributed by atoms with E-state index in [0.29, 0.717) is 31.3 Å². The highest BCUT2D eigenvalue weighted by Gasteiger charge is 2.41. The number of aromatic nitrogens is 3. The smallest absolute Gasteiger partial charge is 0.270 e. The number of anilines is 1. The SMILES string of the molecule is CS(=O)(=O)N1CCC(Nc2ncc3cc(C#N)c(=O)n([C@H]4CCC(F)(F)C4)c3n2)CC1. The molecule has 4 rings (SSSR count). The number of pyridine rings is 1. The Morgan fingerprint density at radius 3 is 2.58 bits per heavy atom. The van der Waals surface area contributed by atoms with Crippen molar-refractivity contribution in [3.63, 3.8) is 0 Å². The molecule has 0 radical (unpaired) electrons. The molecule has 1 aliphatic carbocycles. The second-order valence-corrected chi connectivity index (χ2v) is 10.1. The van der Waals surface area contributed by atoms with E-state index in [0.717, 1.165) is 0 Å². The number of halogens is 2. The summed E-state index contributed by atoms with van der Waals surface area (Å²) in [5.41, 5.74) is -0.568. The minimum absolute atomic E-state index is 0.0650. The first-order chi connectivity index (χ1) is 14.6. The van der Waals surface area contributed by atoms with E-state index in [1.54, 1.807) is 0 Å². The molecule has 1 saturated heterocycles. The summed E-state index contributed by atoms with van der Waals surface area (Å²) in [7, 11) is -3.24. The number of nitrogens with zero attached hydrogens (tertiary/aromatic N) is 5. The zero-order valence-corrected chi connectivity index (χ0v) is 17.7. The third-order valence-electron chi connectivity index (χ3n) is 5.89. The monoisotopic (exact) mass is 452 g/mol. The highest BCUT2D eigenvalue weighted by molar-refractivity contribution is 7.88. The van der Waals surface area contributed by atoms with E-state index in [1.807, 2.05) is 6.07 Å². The van der Waals surface area contributed by atoms with Gasteiger partial charge in [-0.15, -0.1) is 0 Å². The van der Waals surface area contributed by atoms with Gasteiger partial charge in [0.25, 0.3) is 5.56 Å². The van der Waals surface area contributed by atoms with E-state index in [2.05, 4.69) is 15.3 Å². The number of sulfonamides is 1. The Balaban J connectivity index is 1.65. The van der Waals surface area contributed by atoms with E-state index in [1.165, 1.54) is 27.4 Å². The predicted octanol–water partition coefficient (Wildman–Crippen LogP) is 1.86. The summed E-state index contributed by atoms with van der Waals surface area (Å²) in [5, 5.41) is 12.9. The maximum atomic E-state index is 13.8. The molecule has 2 aromatic heterocycles. The molecule has 0 spiro atoms. The Morgan fingerprint density at radius 2 is 2.00 bits per heavy atom. The number of nitrogens with one attached hydrogen (secondary N) is 1. The van der Waals surface area contributed by atoms with Crippen LogP contribution in [0, 0.1) is 11.3 Å². The van der Waals surface area contributed by atoms with E-state index in [9.17, 15) is 27.3 Å². The van der Waals surface area contributed by atoms with Crippen molar-refractivity contribution >= 4 is 27.0 Å². The maximum Gasteiger partial charge on any atom is 0.270 e. The van der Waals surface area contributed by atoms with Crippen LogP contribution in [0.2, 0.25) is 0 Å². The Kier molecular flexibility index (Phi) is 5.43. The van der Waals surface area contributed by atoms with Crippen molar-refractivity contribution in [1.29, 1.82) is 5.26 Å². The van der Waals surface area contributed by atoms with Crippen LogP contribution in [0.25, 0.3) is 11.0 Å². The summed E-state index contributed by atoms with van der Waals surface area (Å²) >= 11 is 0. The molecule has 3 heterocycles. The van der Waals surface area contributed by atoms with Gasteiger partial charge in [-0.3, -0.25) is 9.36 Å². The second-order valence-electron chi connectivity index (χ2n) is 8.15. The molecule has 1 atom stereocenters. The number of piperidine rings is 1. The lowest BCUT2D eigenvalue weighted by molar-refractivity contribution is 0.00566. The minimum atomic E-state index is -3.24. The molecule has 31 heavy (non-hydrogen) atoms. The van der Waals surface area contributed by atoms with Gasteiger partial charge in [0.2, 0.25) is 21.9 Å². The Morgan fingerprint density at radius 1 is 1.29 bits per heavy atom. The lowest BCUT2D eigenvalue weighted by Crippen LogP contribution is -2.42. The van der Waals surface area contributed by atoms with E-state index < -0.39 is 34.0 Å². The fourth-order valence-corrected chi connectivity index (χ4v) is 5.14. The van der Waals surface area contributed by atoms with Crippen LogP contribution in [-0.2, 0) is 10.0 Å². The zero-order valence-electron chi connectivity index (χ0n) is 16.9. The molecule has 2 aliphatic rings. The number of nitriles is 1. The van der Waals surface area contributed by atoms with Gasteiger partial charge in [0.15, 0.2) is 0 Å². The molecule has 0 aromatic carbocycles. The molecule has 0 bridgehead atoms. The van der Waals surface area contributed by atoms with Crippen LogP contribution in [-0.4, -0.2) is 58.6 Å². The second kappa shape index (κ2) is 7.80. The Hall–Kier alpha value is -2.65. The van der Waals surface area contributed by atoms with Crippen LogP contribution in [0.1, 0.15) is 43.7 Å². The zero-order chi connectivity index (χ0) is 22.4. The molecule has 1 saturated carbocycles. The van der Waals surface area contributed by atoms with Crippen molar-refractivity contribution < 1.29 is 17.2 Å². The van der Waals surface area contributed by atoms with Crippen LogP contribution >= 0.6 is 0 Å². The average molecular weight is 452 g/mol. The number of hydrogen-bond acceptors (Lipinski definition) is 7. The Labute approximate surface area is 177 Å². The van der Waals surface area contributed by atoms with Crippen molar-refractivity contribution in [2.24, 2.45) is 0 Å². The van der Waals surface area contributed by atoms with Crippen molar-refractivity contribution in [3.8, 4) is 6.07 Å². The topological polar surface area (TPSA) is 121 Å². The van der Waals surface area contributed by atoms with E-state index in [-0.39, 0.29) is 36.0 Å². The molecule has 2 fully saturated rings. The third-order valence-corrected chi connectivity index (χ3v) is 7.20. The van der Waals surface area contributed by atoms with Crippen LogP contribution < -0.4 is 10.9 Å². The number of hydrogen-bond donors (Lipinski definition) is 1. The summed E-state index contributed by atoms with van der Waals surface area (Å²) < 4.78 is 53.6. The van der Waals surface area contributed by atoms with Crippen molar-refractivity contribution in [1.82, 2.24) is 18.8 Å². The van der Waals surface area contributed by atoms with Crippen molar-refractivity contribution in [2.75, 3.05) is 24.7 Å². The minimum Gasteiger partial charge on any atom is -0.351 e. The molecule has 0 amide bonds. The average Bonchev–Trinajstić information content (AvgIpc) is 3.06. The lowest BCUT2D eigenvalue weighted by Gasteiger charge is -2.30. The summed E-state index contributed by atoms with van der Waals surface area (Å²) in [6.45, 7) is 0.745. The van der Waals surface area contributed by atoms with Crippen LogP contribution in [0.3, 0.4) is 0 Å². The van der Waals surface area contributed by atoms with Gasteiger partial charge in [0.05, 0.1) is 6.26 Å².